The Labute approximate surface area is 380 Å². The molecule has 3 aliphatic heterocycles. The predicted molar refractivity (Wildman–Crippen MR) is 244 cm³/mol. The Bertz CT molecular complexity index is 2240. The van der Waals surface area contributed by atoms with Crippen LogP contribution < -0.4 is 27.8 Å². The first-order valence-electron chi connectivity index (χ1n) is 22.8. The molecule has 3 saturated heterocycles. The number of amides is 4. The number of benzene rings is 1. The van der Waals surface area contributed by atoms with Crippen LogP contribution in [0, 0.1) is 22.7 Å². The second kappa shape index (κ2) is 16.0. The van der Waals surface area contributed by atoms with Gasteiger partial charge in [0.1, 0.15) is 0 Å². The third kappa shape index (κ3) is 6.74. The van der Waals surface area contributed by atoms with Crippen LogP contribution in [0.25, 0.3) is 0 Å². The van der Waals surface area contributed by atoms with E-state index in [1.54, 1.807) is 0 Å². The molecular formula is C50H63N7O8. The second-order valence-electron chi connectivity index (χ2n) is 20.9. The number of likely N-dealkylation sites (tertiary alicyclic amines) is 2. The average molecular weight is 890 g/mol. The average Bonchev–Trinajstić information content (AvgIpc) is 4.08. The van der Waals surface area contributed by atoms with Crippen LogP contribution in [0.4, 0.5) is 15.3 Å². The standard InChI is InChI=1S/C50H63N7O8/c1-46(2,3)32-20-22-33(23-21-32)57-36(34-10-8-26-55(34)49(40(51)58,42(60)64-44(53)62)47(4,5)38-28-12-13-29(38)15-14-28)24-25-37(57)35-11-9-27-56(35)50(41(52)59,43(61)65-45(54)63)48(6,7)39-30-16-17-31(39)19-18-30/h12-23,34-39H,8-11,24-27H2,1-7H3,(H2,51,58)(H2,52,59)(H2,53,62)(H2,54,63)/t34?,35?,36-,37?,49-,50-/m0/s1. The van der Waals surface area contributed by atoms with E-state index in [1.807, 2.05) is 86.1 Å². The van der Waals surface area contributed by atoms with Crippen molar-refractivity contribution in [2.24, 2.45) is 45.6 Å². The Morgan fingerprint density at radius 3 is 1.17 bits per heavy atom. The van der Waals surface area contributed by atoms with Gasteiger partial charge in [-0.05, 0) is 83.9 Å². The predicted octanol–water partition coefficient (Wildman–Crippen LogP) is 5.10. The first-order chi connectivity index (χ1) is 30.5. The fourth-order valence-electron chi connectivity index (χ4n) is 13.5. The van der Waals surface area contributed by atoms with Crippen LogP contribution in [-0.4, -0.2) is 94.1 Å². The van der Waals surface area contributed by atoms with Gasteiger partial charge in [0.15, 0.2) is 0 Å². The van der Waals surface area contributed by atoms with Gasteiger partial charge in [-0.2, -0.15) is 0 Å². The molecule has 0 spiro atoms. The van der Waals surface area contributed by atoms with Crippen LogP contribution in [0.1, 0.15) is 92.6 Å². The zero-order valence-electron chi connectivity index (χ0n) is 38.5. The summed E-state index contributed by atoms with van der Waals surface area (Å²) >= 11 is 0. The molecule has 4 amide bonds. The van der Waals surface area contributed by atoms with Gasteiger partial charge in [0.05, 0.1) is 0 Å². The lowest BCUT2D eigenvalue weighted by molar-refractivity contribution is -0.172. The van der Waals surface area contributed by atoms with Crippen molar-refractivity contribution in [1.29, 1.82) is 0 Å². The van der Waals surface area contributed by atoms with Crippen molar-refractivity contribution in [1.82, 2.24) is 9.80 Å². The van der Waals surface area contributed by atoms with Crippen molar-refractivity contribution < 1.29 is 38.2 Å². The number of fused-ring (bicyclic) bond motifs is 4. The van der Waals surface area contributed by atoms with E-state index in [-0.39, 0.29) is 30.6 Å². The van der Waals surface area contributed by atoms with Crippen molar-refractivity contribution in [3.8, 4) is 0 Å². The maximum atomic E-state index is 14.8. The summed E-state index contributed by atoms with van der Waals surface area (Å²) in [5.74, 6) is -4.98. The number of ether oxygens (including phenoxy) is 2. The van der Waals surface area contributed by atoms with E-state index in [1.165, 1.54) is 0 Å². The number of anilines is 1. The minimum Gasteiger partial charge on any atom is -0.375 e. The molecule has 4 bridgehead atoms. The Balaban J connectivity index is 1.27. The molecule has 0 saturated carbocycles. The maximum absolute atomic E-state index is 14.8. The molecule has 6 atom stereocenters. The molecule has 4 aliphatic carbocycles. The lowest BCUT2D eigenvalue weighted by atomic mass is 9.60. The van der Waals surface area contributed by atoms with Gasteiger partial charge in [0.25, 0.3) is 0 Å². The number of carbonyl (C=O) groups is 6. The first kappa shape index (κ1) is 45.8. The SMILES string of the molecule is CC(C)(C)c1ccc(N2C(C3CCCN3[C@@](C(N)=O)(C(=O)OC(N)=O)C(C)(C)C3C4=CC=C3C=C4)CC[C@H]2C2CCCN2[C@@](C(N)=O)(C(=O)OC(N)=O)C(C)(C)C2C3=CC=C2C=C3)cc1. The normalized spacial score (nSPS) is 26.4. The van der Waals surface area contributed by atoms with Gasteiger partial charge >= 0.3 is 24.1 Å². The number of carbonyl (C=O) groups excluding carboxylic acids is 6. The number of primary amides is 4. The highest BCUT2D eigenvalue weighted by Crippen LogP contribution is 2.58. The van der Waals surface area contributed by atoms with Crippen molar-refractivity contribution >= 4 is 41.6 Å². The molecule has 1 aromatic carbocycles. The van der Waals surface area contributed by atoms with Crippen LogP contribution in [-0.2, 0) is 34.1 Å². The smallest absolute Gasteiger partial charge is 0.375 e. The molecule has 65 heavy (non-hydrogen) atoms. The minimum absolute atomic E-state index is 0.160. The second-order valence-corrected chi connectivity index (χ2v) is 20.9. The monoisotopic (exact) mass is 889 g/mol. The van der Waals surface area contributed by atoms with Gasteiger partial charge in [-0.25, -0.2) is 19.2 Å². The fourth-order valence-corrected chi connectivity index (χ4v) is 13.5. The number of esters is 2. The Kier molecular flexibility index (Phi) is 11.2. The van der Waals surface area contributed by atoms with Gasteiger partial charge in [0.2, 0.25) is 22.9 Å². The van der Waals surface area contributed by atoms with E-state index >= 15 is 0 Å². The number of nitrogens with zero attached hydrogens (tertiary/aromatic N) is 3. The Hall–Kier alpha value is -5.80. The number of hydrogen-bond donors (Lipinski definition) is 4. The third-order valence-electron chi connectivity index (χ3n) is 16.1. The van der Waals surface area contributed by atoms with Gasteiger partial charge in [-0.15, -0.1) is 0 Å². The highest BCUT2D eigenvalue weighted by molar-refractivity contribution is 6.11. The molecule has 15 nitrogen and oxygen atoms in total. The zero-order valence-corrected chi connectivity index (χ0v) is 38.5. The summed E-state index contributed by atoms with van der Waals surface area (Å²) in [5, 5.41) is 0. The minimum atomic E-state index is -2.16. The molecular weight excluding hydrogens is 827 g/mol. The van der Waals surface area contributed by atoms with Crippen molar-refractivity contribution in [2.75, 3.05) is 18.0 Å². The summed E-state index contributed by atoms with van der Waals surface area (Å²) in [6, 6.07) is 6.63. The molecule has 1 aromatic rings. The van der Waals surface area contributed by atoms with Crippen molar-refractivity contribution in [2.45, 2.75) is 128 Å². The van der Waals surface area contributed by atoms with Gasteiger partial charge in [-0.3, -0.25) is 19.4 Å². The van der Waals surface area contributed by atoms with Crippen LogP contribution in [0.15, 0.2) is 95.2 Å². The summed E-state index contributed by atoms with van der Waals surface area (Å²) in [6.45, 7) is 14.3. The summed E-state index contributed by atoms with van der Waals surface area (Å²) < 4.78 is 10.5. The van der Waals surface area contributed by atoms with Crippen molar-refractivity contribution in [3.05, 3.63) is 101 Å². The van der Waals surface area contributed by atoms with E-state index in [4.69, 9.17) is 32.4 Å². The highest BCUT2D eigenvalue weighted by atomic mass is 16.6. The summed E-state index contributed by atoms with van der Waals surface area (Å²) in [4.78, 5) is 89.6. The molecule has 3 fully saturated rings. The van der Waals surface area contributed by atoms with Gasteiger partial charge in [-0.1, -0.05) is 109 Å². The largest absolute Gasteiger partial charge is 0.412 e. The number of nitrogens with two attached hydrogens (primary N) is 4. The van der Waals surface area contributed by atoms with Gasteiger partial charge in [0, 0.05) is 65.6 Å². The summed E-state index contributed by atoms with van der Waals surface area (Å²) in [6.07, 6.45) is 16.5. The van der Waals surface area contributed by atoms with E-state index in [0.29, 0.717) is 38.5 Å². The van der Waals surface area contributed by atoms with E-state index in [9.17, 15) is 28.8 Å². The number of allylic oxidation sites excluding steroid dienone is 12. The number of rotatable bonds is 13. The Morgan fingerprint density at radius 1 is 0.523 bits per heavy atom. The van der Waals surface area contributed by atoms with Gasteiger partial charge < -0.3 is 37.3 Å². The van der Waals surface area contributed by atoms with Crippen molar-refractivity contribution in [3.63, 3.8) is 0 Å². The Morgan fingerprint density at radius 2 is 0.877 bits per heavy atom. The third-order valence-corrected chi connectivity index (χ3v) is 16.1. The van der Waals surface area contributed by atoms with E-state index in [2.05, 4.69) is 49.9 Å². The summed E-state index contributed by atoms with van der Waals surface area (Å²) in [5.41, 5.74) is 22.7. The topological polar surface area (TPSA) is 235 Å². The lowest BCUT2D eigenvalue weighted by Crippen LogP contribution is -2.75. The zero-order chi connectivity index (χ0) is 47.2. The van der Waals surface area contributed by atoms with Crippen LogP contribution in [0.2, 0.25) is 0 Å². The molecule has 3 unspecified atom stereocenters. The molecule has 0 radical (unpaired) electrons. The van der Waals surface area contributed by atoms with E-state index in [0.717, 1.165) is 33.5 Å². The first-order valence-corrected chi connectivity index (χ1v) is 22.8. The molecule has 8 rings (SSSR count). The van der Waals surface area contributed by atoms with Crippen LogP contribution in [0.3, 0.4) is 0 Å². The molecule has 0 aromatic heterocycles. The van der Waals surface area contributed by atoms with Crippen LogP contribution >= 0.6 is 0 Å². The molecule has 8 N–H and O–H groups in total. The van der Waals surface area contributed by atoms with Crippen LogP contribution in [0.5, 0.6) is 0 Å². The summed E-state index contributed by atoms with van der Waals surface area (Å²) in [7, 11) is 0. The number of hydrogen-bond acceptors (Lipinski definition) is 11. The quantitative estimate of drug-likeness (QED) is 0.150. The fraction of sp³-hybridized carbons (Fsp3) is 0.520. The molecule has 7 aliphatic rings. The molecule has 346 valence electrons. The molecule has 15 heteroatoms. The molecule has 3 heterocycles. The highest BCUT2D eigenvalue weighted by Gasteiger charge is 2.70. The maximum Gasteiger partial charge on any atom is 0.412 e. The van der Waals surface area contributed by atoms with E-state index < -0.39 is 81.8 Å². The lowest BCUT2D eigenvalue weighted by Gasteiger charge is -2.54.